The third kappa shape index (κ3) is 3.64. The molecule has 0 saturated heterocycles. The van der Waals surface area contributed by atoms with Crippen LogP contribution in [-0.2, 0) is 16.0 Å². The third-order valence-electron chi connectivity index (χ3n) is 4.76. The Kier molecular flexibility index (Phi) is 4.89. The Balaban J connectivity index is 1.91. The summed E-state index contributed by atoms with van der Waals surface area (Å²) in [5.41, 5.74) is 2.35. The van der Waals surface area contributed by atoms with Crippen molar-refractivity contribution in [1.29, 1.82) is 0 Å². The van der Waals surface area contributed by atoms with E-state index in [2.05, 4.69) is 6.07 Å². The molecule has 2 heterocycles. The quantitative estimate of drug-likeness (QED) is 0.602. The van der Waals surface area contributed by atoms with Crippen LogP contribution in [0.15, 0.2) is 42.5 Å². The molecule has 1 atom stereocenters. The molecule has 0 radical (unpaired) electrons. The smallest absolute Gasteiger partial charge is 0.337 e. The van der Waals surface area contributed by atoms with E-state index in [1.54, 1.807) is 11.3 Å². The summed E-state index contributed by atoms with van der Waals surface area (Å²) in [7, 11) is 0. The van der Waals surface area contributed by atoms with E-state index in [1.165, 1.54) is 5.56 Å². The van der Waals surface area contributed by atoms with Gasteiger partial charge in [0.25, 0.3) is 0 Å². The van der Waals surface area contributed by atoms with Gasteiger partial charge in [0.2, 0.25) is 0 Å². The zero-order valence-corrected chi connectivity index (χ0v) is 17.1. The molecular formula is C23H24O4S. The second-order valence-corrected chi connectivity index (χ2v) is 9.12. The highest BCUT2D eigenvalue weighted by Gasteiger charge is 2.32. The molecule has 0 bridgehead atoms. The minimum Gasteiger partial charge on any atom is -0.493 e. The van der Waals surface area contributed by atoms with E-state index >= 15 is 0 Å². The van der Waals surface area contributed by atoms with Crippen molar-refractivity contribution in [3.05, 3.63) is 53.6 Å². The standard InChI is InChI=1S/C23H24O4S/c1-23(2,3)27-20(22(24)25)19-16-8-4-5-9-18(16)28-21(19)15-10-11-17-14(13-15)7-6-12-26-17/h4-5,8-11,13,20H,6-7,12H2,1-3H3,(H,24,25). The van der Waals surface area contributed by atoms with Gasteiger partial charge in [-0.25, -0.2) is 4.79 Å². The second-order valence-electron chi connectivity index (χ2n) is 8.06. The topological polar surface area (TPSA) is 55.8 Å². The maximum Gasteiger partial charge on any atom is 0.337 e. The highest BCUT2D eigenvalue weighted by atomic mass is 32.1. The molecule has 4 nitrogen and oxygen atoms in total. The minimum atomic E-state index is -1.03. The average Bonchev–Trinajstić information content (AvgIpc) is 3.04. The van der Waals surface area contributed by atoms with Crippen LogP contribution in [0.1, 0.15) is 44.4 Å². The van der Waals surface area contributed by atoms with Gasteiger partial charge < -0.3 is 14.6 Å². The first-order valence-corrected chi connectivity index (χ1v) is 10.3. The summed E-state index contributed by atoms with van der Waals surface area (Å²) in [5.74, 6) is -0.0422. The first-order chi connectivity index (χ1) is 13.3. The minimum absolute atomic E-state index is 0.576. The number of rotatable bonds is 4. The van der Waals surface area contributed by atoms with Crippen LogP contribution >= 0.6 is 11.3 Å². The number of aliphatic carboxylic acids is 1. The Morgan fingerprint density at radius 3 is 2.75 bits per heavy atom. The van der Waals surface area contributed by atoms with Crippen LogP contribution in [0.2, 0.25) is 0 Å². The number of aryl methyl sites for hydroxylation is 1. The van der Waals surface area contributed by atoms with Gasteiger partial charge >= 0.3 is 5.97 Å². The maximum absolute atomic E-state index is 12.2. The molecule has 146 valence electrons. The van der Waals surface area contributed by atoms with E-state index in [9.17, 15) is 9.90 Å². The first kappa shape index (κ1) is 19.0. The number of benzene rings is 2. The fraction of sp³-hybridized carbons (Fsp3) is 0.348. The van der Waals surface area contributed by atoms with Crippen molar-refractivity contribution in [2.75, 3.05) is 6.61 Å². The molecule has 0 fully saturated rings. The van der Waals surface area contributed by atoms with E-state index in [0.29, 0.717) is 0 Å². The van der Waals surface area contributed by atoms with E-state index in [1.807, 2.05) is 57.2 Å². The second kappa shape index (κ2) is 7.22. The van der Waals surface area contributed by atoms with Gasteiger partial charge in [-0.1, -0.05) is 18.2 Å². The predicted molar refractivity (Wildman–Crippen MR) is 112 cm³/mol. The maximum atomic E-state index is 12.2. The van der Waals surface area contributed by atoms with Crippen LogP contribution in [0.25, 0.3) is 20.5 Å². The van der Waals surface area contributed by atoms with Crippen molar-refractivity contribution in [2.45, 2.75) is 45.3 Å². The molecule has 5 heteroatoms. The molecule has 1 N–H and O–H groups in total. The van der Waals surface area contributed by atoms with Gasteiger partial charge in [-0.15, -0.1) is 11.3 Å². The number of hydrogen-bond donors (Lipinski definition) is 1. The molecule has 1 aliphatic rings. The van der Waals surface area contributed by atoms with Gasteiger partial charge in [-0.2, -0.15) is 0 Å². The van der Waals surface area contributed by atoms with Crippen LogP contribution in [0.3, 0.4) is 0 Å². The SMILES string of the molecule is CC(C)(C)OC(C(=O)O)c1c(-c2ccc3c(c2)CCCO3)sc2ccccc12. The number of fused-ring (bicyclic) bond motifs is 2. The monoisotopic (exact) mass is 396 g/mol. The van der Waals surface area contributed by atoms with Gasteiger partial charge in [0.15, 0.2) is 6.10 Å². The molecule has 2 aromatic carbocycles. The van der Waals surface area contributed by atoms with Crippen LogP contribution in [0, 0.1) is 0 Å². The molecule has 0 spiro atoms. The van der Waals surface area contributed by atoms with E-state index < -0.39 is 17.7 Å². The molecule has 1 unspecified atom stereocenters. The number of ether oxygens (including phenoxy) is 2. The van der Waals surface area contributed by atoms with Gasteiger partial charge in [0.05, 0.1) is 12.2 Å². The van der Waals surface area contributed by atoms with Gasteiger partial charge in [0.1, 0.15) is 5.75 Å². The van der Waals surface area contributed by atoms with E-state index in [4.69, 9.17) is 9.47 Å². The lowest BCUT2D eigenvalue weighted by Crippen LogP contribution is -2.27. The zero-order chi connectivity index (χ0) is 19.9. The molecule has 0 amide bonds. The lowest BCUT2D eigenvalue weighted by atomic mass is 9.97. The molecule has 0 aliphatic carbocycles. The Morgan fingerprint density at radius 2 is 2.00 bits per heavy atom. The van der Waals surface area contributed by atoms with Crippen LogP contribution in [0.4, 0.5) is 0 Å². The highest BCUT2D eigenvalue weighted by molar-refractivity contribution is 7.22. The number of thiophene rings is 1. The van der Waals surface area contributed by atoms with Crippen LogP contribution in [0.5, 0.6) is 5.75 Å². The first-order valence-electron chi connectivity index (χ1n) is 9.51. The Hall–Kier alpha value is -2.37. The normalized spacial score (nSPS) is 15.1. The molecule has 4 rings (SSSR count). The van der Waals surface area contributed by atoms with Crippen LogP contribution < -0.4 is 4.74 Å². The number of carboxylic acid groups (broad SMARTS) is 1. The summed E-state index contributed by atoms with van der Waals surface area (Å²) >= 11 is 1.62. The summed E-state index contributed by atoms with van der Waals surface area (Å²) in [4.78, 5) is 13.1. The van der Waals surface area contributed by atoms with Crippen molar-refractivity contribution < 1.29 is 19.4 Å². The lowest BCUT2D eigenvalue weighted by Gasteiger charge is -2.26. The average molecular weight is 397 g/mol. The number of hydrogen-bond acceptors (Lipinski definition) is 4. The summed E-state index contributed by atoms with van der Waals surface area (Å²) in [6.07, 6.45) is 0.948. The predicted octanol–water partition coefficient (Wildman–Crippen LogP) is 5.83. The molecule has 0 saturated carbocycles. The number of carbonyl (C=O) groups is 1. The Labute approximate surface area is 168 Å². The van der Waals surface area contributed by atoms with Crippen molar-refractivity contribution in [1.82, 2.24) is 0 Å². The number of carboxylic acids is 1. The zero-order valence-electron chi connectivity index (χ0n) is 16.3. The van der Waals surface area contributed by atoms with Gasteiger partial charge in [-0.3, -0.25) is 0 Å². The largest absolute Gasteiger partial charge is 0.493 e. The molecule has 28 heavy (non-hydrogen) atoms. The summed E-state index contributed by atoms with van der Waals surface area (Å²) in [6, 6.07) is 14.1. The highest BCUT2D eigenvalue weighted by Crippen LogP contribution is 2.45. The molecule has 3 aromatic rings. The summed E-state index contributed by atoms with van der Waals surface area (Å²) in [6.45, 7) is 6.40. The van der Waals surface area contributed by atoms with Gasteiger partial charge in [-0.05, 0) is 74.4 Å². The fourth-order valence-electron chi connectivity index (χ4n) is 3.63. The van der Waals surface area contributed by atoms with Crippen molar-refractivity contribution in [2.24, 2.45) is 0 Å². The Bertz CT molecular complexity index is 1030. The molecular weight excluding hydrogens is 372 g/mol. The van der Waals surface area contributed by atoms with Crippen molar-refractivity contribution in [3.63, 3.8) is 0 Å². The summed E-state index contributed by atoms with van der Waals surface area (Å²) in [5, 5.41) is 10.9. The van der Waals surface area contributed by atoms with Crippen LogP contribution in [-0.4, -0.2) is 23.3 Å². The third-order valence-corrected chi connectivity index (χ3v) is 6.00. The molecule has 1 aromatic heterocycles. The fourth-order valence-corrected chi connectivity index (χ4v) is 4.85. The van der Waals surface area contributed by atoms with Crippen molar-refractivity contribution >= 4 is 27.4 Å². The van der Waals surface area contributed by atoms with Gasteiger partial charge in [0, 0.05) is 15.1 Å². The van der Waals surface area contributed by atoms with E-state index in [-0.39, 0.29) is 0 Å². The molecule has 1 aliphatic heterocycles. The lowest BCUT2D eigenvalue weighted by molar-refractivity contribution is -0.160. The van der Waals surface area contributed by atoms with Crippen molar-refractivity contribution in [3.8, 4) is 16.2 Å². The van der Waals surface area contributed by atoms with E-state index in [0.717, 1.165) is 51.3 Å². The Morgan fingerprint density at radius 1 is 1.21 bits per heavy atom. The summed E-state index contributed by atoms with van der Waals surface area (Å²) < 4.78 is 12.8.